The average Bonchev–Trinajstić information content (AvgIpc) is 2.20. The van der Waals surface area contributed by atoms with Gasteiger partial charge in [0, 0.05) is 43.0 Å². The molecule has 106 valence electrons. The van der Waals surface area contributed by atoms with E-state index in [9.17, 15) is 13.2 Å². The predicted octanol–water partition coefficient (Wildman–Crippen LogP) is 2.77. The van der Waals surface area contributed by atoms with Crippen LogP contribution in [0.3, 0.4) is 0 Å². The molecule has 2 rings (SSSR count). The first kappa shape index (κ1) is 14.2. The first-order chi connectivity index (χ1) is 8.66. The molecule has 0 radical (unpaired) electrons. The zero-order chi connectivity index (χ0) is 14.3. The number of halogens is 3. The van der Waals surface area contributed by atoms with E-state index in [1.54, 1.807) is 17.3 Å². The normalized spacial score (nSPS) is 18.4. The highest BCUT2D eigenvalue weighted by atomic mass is 19.4. The summed E-state index contributed by atoms with van der Waals surface area (Å²) in [6.45, 7) is 6.69. The number of rotatable bonds is 2. The van der Waals surface area contributed by atoms with Gasteiger partial charge >= 0.3 is 6.18 Å². The number of nitrogens with zero attached hydrogens (tertiary/aromatic N) is 3. The minimum atomic E-state index is -4.07. The van der Waals surface area contributed by atoms with Crippen molar-refractivity contribution in [2.75, 3.05) is 13.1 Å². The third-order valence-electron chi connectivity index (χ3n) is 3.20. The molecule has 1 fully saturated rings. The van der Waals surface area contributed by atoms with E-state index < -0.39 is 12.1 Å². The van der Waals surface area contributed by atoms with Crippen LogP contribution in [0.1, 0.15) is 32.2 Å². The maximum Gasteiger partial charge on any atom is 0.394 e. The minimum absolute atomic E-state index is 0.0739. The van der Waals surface area contributed by atoms with Crippen LogP contribution < -0.4 is 0 Å². The van der Waals surface area contributed by atoms with Crippen molar-refractivity contribution in [3.63, 3.8) is 0 Å². The number of hydrogen-bond acceptors (Lipinski definition) is 3. The first-order valence-electron chi connectivity index (χ1n) is 6.27. The van der Waals surface area contributed by atoms with Gasteiger partial charge in [-0.1, -0.05) is 20.8 Å². The monoisotopic (exact) mass is 273 g/mol. The highest BCUT2D eigenvalue weighted by molar-refractivity contribution is 5.10. The molecule has 0 amide bonds. The lowest BCUT2D eigenvalue weighted by molar-refractivity contribution is -0.210. The van der Waals surface area contributed by atoms with Crippen LogP contribution >= 0.6 is 0 Å². The fourth-order valence-corrected chi connectivity index (χ4v) is 1.99. The Bertz CT molecular complexity index is 428. The summed E-state index contributed by atoms with van der Waals surface area (Å²) in [6, 6.07) is 0. The van der Waals surface area contributed by atoms with Crippen LogP contribution in [0, 0.1) is 5.92 Å². The highest BCUT2D eigenvalue weighted by Gasteiger charge is 2.46. The second-order valence-electron chi connectivity index (χ2n) is 6.10. The van der Waals surface area contributed by atoms with Crippen molar-refractivity contribution in [3.05, 3.63) is 23.8 Å². The Labute approximate surface area is 110 Å². The van der Waals surface area contributed by atoms with Crippen molar-refractivity contribution in [3.8, 4) is 0 Å². The van der Waals surface area contributed by atoms with E-state index in [1.807, 2.05) is 20.8 Å². The molecule has 1 aromatic heterocycles. The molecule has 0 atom stereocenters. The molecule has 0 N–H and O–H groups in total. The Morgan fingerprint density at radius 1 is 1.16 bits per heavy atom. The summed E-state index contributed by atoms with van der Waals surface area (Å²) >= 11 is 0. The summed E-state index contributed by atoms with van der Waals surface area (Å²) in [5.74, 6) is -0.435. The van der Waals surface area contributed by atoms with E-state index in [2.05, 4.69) is 9.97 Å². The summed E-state index contributed by atoms with van der Waals surface area (Å²) in [5, 5.41) is 0. The predicted molar refractivity (Wildman–Crippen MR) is 65.6 cm³/mol. The van der Waals surface area contributed by atoms with Gasteiger partial charge in [0.25, 0.3) is 0 Å². The molecular formula is C13H18F3N3. The van der Waals surface area contributed by atoms with E-state index >= 15 is 0 Å². The molecule has 1 aliphatic rings. The molecule has 0 spiro atoms. The molecule has 1 aromatic rings. The van der Waals surface area contributed by atoms with Gasteiger partial charge in [-0.3, -0.25) is 4.90 Å². The molecule has 1 saturated heterocycles. The molecule has 0 bridgehead atoms. The van der Waals surface area contributed by atoms with Gasteiger partial charge in [-0.15, -0.1) is 0 Å². The Kier molecular flexibility index (Phi) is 3.55. The van der Waals surface area contributed by atoms with E-state index in [-0.39, 0.29) is 18.5 Å². The molecule has 19 heavy (non-hydrogen) atoms. The Morgan fingerprint density at radius 2 is 1.68 bits per heavy atom. The minimum Gasteiger partial charge on any atom is -0.298 e. The van der Waals surface area contributed by atoms with Crippen molar-refractivity contribution in [2.45, 2.75) is 38.9 Å². The van der Waals surface area contributed by atoms with Crippen LogP contribution in [0.2, 0.25) is 0 Å². The quantitative estimate of drug-likeness (QED) is 0.829. The molecule has 2 heterocycles. The Balaban J connectivity index is 1.89. The maximum atomic E-state index is 12.3. The zero-order valence-corrected chi connectivity index (χ0v) is 11.3. The zero-order valence-electron chi connectivity index (χ0n) is 11.3. The molecule has 0 aromatic carbocycles. The molecule has 0 unspecified atom stereocenters. The van der Waals surface area contributed by atoms with Gasteiger partial charge in [-0.25, -0.2) is 9.97 Å². The highest BCUT2D eigenvalue weighted by Crippen LogP contribution is 2.34. The SMILES string of the molecule is CC(C)(C)c1ncc(CN2CC(C(F)(F)F)C2)cn1. The lowest BCUT2D eigenvalue weighted by atomic mass is 9.95. The lowest BCUT2D eigenvalue weighted by Crippen LogP contribution is -2.52. The van der Waals surface area contributed by atoms with E-state index in [4.69, 9.17) is 0 Å². The summed E-state index contributed by atoms with van der Waals surface area (Å²) < 4.78 is 37.0. The molecule has 0 aliphatic carbocycles. The van der Waals surface area contributed by atoms with Crippen LogP contribution in [0.4, 0.5) is 13.2 Å². The van der Waals surface area contributed by atoms with Crippen LogP contribution in [0.15, 0.2) is 12.4 Å². The van der Waals surface area contributed by atoms with Crippen molar-refractivity contribution in [1.29, 1.82) is 0 Å². The average molecular weight is 273 g/mol. The third-order valence-corrected chi connectivity index (χ3v) is 3.20. The van der Waals surface area contributed by atoms with Gasteiger partial charge in [0.2, 0.25) is 0 Å². The van der Waals surface area contributed by atoms with Crippen molar-refractivity contribution < 1.29 is 13.2 Å². The lowest BCUT2D eigenvalue weighted by Gasteiger charge is -2.40. The van der Waals surface area contributed by atoms with Crippen molar-refractivity contribution >= 4 is 0 Å². The number of hydrogen-bond donors (Lipinski definition) is 0. The largest absolute Gasteiger partial charge is 0.394 e. The first-order valence-corrected chi connectivity index (χ1v) is 6.27. The van der Waals surface area contributed by atoms with Crippen LogP contribution in [0.5, 0.6) is 0 Å². The standard InChI is InChI=1S/C13H18F3N3/c1-12(2,3)11-17-4-9(5-18-11)6-19-7-10(8-19)13(14,15)16/h4-5,10H,6-8H2,1-3H3. The fraction of sp³-hybridized carbons (Fsp3) is 0.692. The second kappa shape index (κ2) is 4.74. The third kappa shape index (κ3) is 3.43. The molecule has 1 aliphatic heterocycles. The molecular weight excluding hydrogens is 255 g/mol. The van der Waals surface area contributed by atoms with E-state index in [0.717, 1.165) is 11.4 Å². The van der Waals surface area contributed by atoms with Gasteiger partial charge < -0.3 is 0 Å². The van der Waals surface area contributed by atoms with Gasteiger partial charge in [0.1, 0.15) is 5.82 Å². The van der Waals surface area contributed by atoms with Crippen LogP contribution in [-0.2, 0) is 12.0 Å². The van der Waals surface area contributed by atoms with Gasteiger partial charge in [-0.2, -0.15) is 13.2 Å². The maximum absolute atomic E-state index is 12.3. The van der Waals surface area contributed by atoms with Gasteiger partial charge in [0.05, 0.1) is 5.92 Å². The number of alkyl halides is 3. The van der Waals surface area contributed by atoms with Gasteiger partial charge in [-0.05, 0) is 0 Å². The summed E-state index contributed by atoms with van der Waals surface area (Å²) in [5.41, 5.74) is 0.741. The molecule has 3 nitrogen and oxygen atoms in total. The number of aromatic nitrogens is 2. The fourth-order valence-electron chi connectivity index (χ4n) is 1.99. The van der Waals surface area contributed by atoms with E-state index in [1.165, 1.54) is 0 Å². The second-order valence-corrected chi connectivity index (χ2v) is 6.10. The Hall–Kier alpha value is -1.17. The Morgan fingerprint density at radius 3 is 2.11 bits per heavy atom. The summed E-state index contributed by atoms with van der Waals surface area (Å²) in [7, 11) is 0. The topological polar surface area (TPSA) is 29.0 Å². The number of likely N-dealkylation sites (tertiary alicyclic amines) is 1. The van der Waals surface area contributed by atoms with E-state index in [0.29, 0.717) is 6.54 Å². The summed E-state index contributed by atoms with van der Waals surface area (Å²) in [6.07, 6.45) is -0.661. The van der Waals surface area contributed by atoms with Crippen molar-refractivity contribution in [1.82, 2.24) is 14.9 Å². The van der Waals surface area contributed by atoms with Crippen LogP contribution in [-0.4, -0.2) is 34.1 Å². The van der Waals surface area contributed by atoms with Gasteiger partial charge in [0.15, 0.2) is 0 Å². The van der Waals surface area contributed by atoms with Crippen LogP contribution in [0.25, 0.3) is 0 Å². The van der Waals surface area contributed by atoms with Crippen molar-refractivity contribution in [2.24, 2.45) is 5.92 Å². The molecule has 0 saturated carbocycles. The summed E-state index contributed by atoms with van der Waals surface area (Å²) in [4.78, 5) is 10.3. The molecule has 6 heteroatoms. The smallest absolute Gasteiger partial charge is 0.298 e.